The first-order chi connectivity index (χ1) is 8.42. The van der Waals surface area contributed by atoms with E-state index >= 15 is 0 Å². The van der Waals surface area contributed by atoms with Crippen LogP contribution in [0.3, 0.4) is 0 Å². The van der Waals surface area contributed by atoms with Gasteiger partial charge in [0.1, 0.15) is 0 Å². The molecular formula is C13H27CaO4P. The molecule has 0 saturated heterocycles. The molecular weight excluding hydrogens is 291 g/mol. The number of phosphoric acid groups is 1. The van der Waals surface area contributed by atoms with Gasteiger partial charge in [-0.15, -0.1) is 0 Å². The fourth-order valence-corrected chi connectivity index (χ4v) is 2.24. The first-order valence-corrected chi connectivity index (χ1v) is 8.54. The normalized spacial score (nSPS) is 11.6. The van der Waals surface area contributed by atoms with E-state index in [1.165, 1.54) is 38.5 Å². The summed E-state index contributed by atoms with van der Waals surface area (Å²) in [5.41, 5.74) is 0. The summed E-state index contributed by atoms with van der Waals surface area (Å²) < 4.78 is 14.3. The Morgan fingerprint density at radius 3 is 1.74 bits per heavy atom. The molecule has 4 nitrogen and oxygen atoms in total. The SMILES string of the molecule is CC(C)CCCCCCCCCCOP(=O)([O-])[O-].[Ca+2]. The van der Waals surface area contributed by atoms with Crippen molar-refractivity contribution in [1.29, 1.82) is 0 Å². The fraction of sp³-hybridized carbons (Fsp3) is 1.00. The van der Waals surface area contributed by atoms with Gasteiger partial charge in [0.05, 0.1) is 14.4 Å². The van der Waals surface area contributed by atoms with Crippen molar-refractivity contribution in [2.24, 2.45) is 5.92 Å². The minimum Gasteiger partial charge on any atom is -0.790 e. The second kappa shape index (κ2) is 14.3. The summed E-state index contributed by atoms with van der Waals surface area (Å²) in [6.07, 6.45) is 10.4. The van der Waals surface area contributed by atoms with Crippen molar-refractivity contribution in [3.05, 3.63) is 0 Å². The third-order valence-corrected chi connectivity index (χ3v) is 3.42. The fourth-order valence-electron chi connectivity index (χ4n) is 1.89. The van der Waals surface area contributed by atoms with Gasteiger partial charge in [0, 0.05) is 0 Å². The smallest absolute Gasteiger partial charge is 0.790 e. The average molecular weight is 318 g/mol. The van der Waals surface area contributed by atoms with Gasteiger partial charge in [0.2, 0.25) is 0 Å². The van der Waals surface area contributed by atoms with Gasteiger partial charge in [-0.1, -0.05) is 65.2 Å². The summed E-state index contributed by atoms with van der Waals surface area (Å²) in [5.74, 6) is 0.808. The summed E-state index contributed by atoms with van der Waals surface area (Å²) in [6, 6.07) is 0. The van der Waals surface area contributed by atoms with Crippen LogP contribution in [0.15, 0.2) is 0 Å². The third-order valence-electron chi connectivity index (χ3n) is 2.93. The van der Waals surface area contributed by atoms with Gasteiger partial charge in [-0.05, 0) is 12.3 Å². The van der Waals surface area contributed by atoms with E-state index in [2.05, 4.69) is 18.4 Å². The monoisotopic (exact) mass is 318 g/mol. The molecule has 0 fully saturated rings. The van der Waals surface area contributed by atoms with Gasteiger partial charge in [-0.2, -0.15) is 0 Å². The van der Waals surface area contributed by atoms with Crippen LogP contribution in [-0.2, 0) is 9.09 Å². The summed E-state index contributed by atoms with van der Waals surface area (Å²) in [4.78, 5) is 20.3. The first kappa shape index (κ1) is 22.6. The Morgan fingerprint density at radius 1 is 0.895 bits per heavy atom. The van der Waals surface area contributed by atoms with E-state index < -0.39 is 7.82 Å². The first-order valence-electron chi connectivity index (χ1n) is 7.08. The van der Waals surface area contributed by atoms with E-state index in [4.69, 9.17) is 0 Å². The van der Waals surface area contributed by atoms with Crippen molar-refractivity contribution in [1.82, 2.24) is 0 Å². The molecule has 0 radical (unpaired) electrons. The molecule has 0 aliphatic heterocycles. The molecule has 0 rings (SSSR count). The Labute approximate surface area is 147 Å². The van der Waals surface area contributed by atoms with Gasteiger partial charge in [-0.3, -0.25) is 0 Å². The number of phosphoric ester groups is 1. The van der Waals surface area contributed by atoms with Crippen LogP contribution in [0.1, 0.15) is 71.6 Å². The molecule has 0 aromatic heterocycles. The van der Waals surface area contributed by atoms with E-state index in [9.17, 15) is 14.4 Å². The van der Waals surface area contributed by atoms with Crippen LogP contribution >= 0.6 is 7.82 Å². The summed E-state index contributed by atoms with van der Waals surface area (Å²) >= 11 is 0. The predicted molar refractivity (Wildman–Crippen MR) is 75.7 cm³/mol. The zero-order valence-electron chi connectivity index (χ0n) is 12.4. The summed E-state index contributed by atoms with van der Waals surface area (Å²) in [5, 5.41) is 0. The summed E-state index contributed by atoms with van der Waals surface area (Å²) in [6.45, 7) is 4.55. The zero-order valence-corrected chi connectivity index (χ0v) is 15.5. The molecule has 0 saturated carbocycles. The Bertz CT molecular complexity index is 231. The molecule has 110 valence electrons. The molecule has 0 aromatic carbocycles. The Morgan fingerprint density at radius 2 is 1.32 bits per heavy atom. The van der Waals surface area contributed by atoms with E-state index in [1.54, 1.807) is 0 Å². The molecule has 19 heavy (non-hydrogen) atoms. The van der Waals surface area contributed by atoms with Gasteiger partial charge < -0.3 is 18.9 Å². The maximum Gasteiger partial charge on any atom is 2.00 e. The minimum absolute atomic E-state index is 0. The molecule has 0 aromatic rings. The van der Waals surface area contributed by atoms with E-state index in [0.717, 1.165) is 18.8 Å². The maximum atomic E-state index is 10.2. The molecule has 0 atom stereocenters. The van der Waals surface area contributed by atoms with E-state index in [1.807, 2.05) is 0 Å². The second-order valence-electron chi connectivity index (χ2n) is 5.29. The summed E-state index contributed by atoms with van der Waals surface area (Å²) in [7, 11) is -4.75. The largest absolute Gasteiger partial charge is 2.00 e. The Kier molecular flexibility index (Phi) is 17.1. The molecule has 0 heterocycles. The number of rotatable bonds is 12. The van der Waals surface area contributed by atoms with Crippen LogP contribution in [0, 0.1) is 5.92 Å². The molecule has 0 unspecified atom stereocenters. The number of unbranched alkanes of at least 4 members (excludes halogenated alkanes) is 7. The van der Waals surface area contributed by atoms with Gasteiger partial charge >= 0.3 is 37.7 Å². The van der Waals surface area contributed by atoms with Gasteiger partial charge in [-0.25, -0.2) is 0 Å². The van der Waals surface area contributed by atoms with Crippen molar-refractivity contribution < 1.29 is 18.9 Å². The molecule has 0 spiro atoms. The zero-order chi connectivity index (χ0) is 13.9. The van der Waals surface area contributed by atoms with Gasteiger partial charge in [0.25, 0.3) is 0 Å². The standard InChI is InChI=1S/C13H29O4P.Ca/c1-13(2)11-9-7-5-3-4-6-8-10-12-17-18(14,15)16;/h13H,3-12H2,1-2H3,(H2,14,15,16);/q;+2/p-2. The predicted octanol–water partition coefficient (Wildman–Crippen LogP) is 2.62. The van der Waals surface area contributed by atoms with Gasteiger partial charge in [0.15, 0.2) is 0 Å². The van der Waals surface area contributed by atoms with Crippen LogP contribution < -0.4 is 9.79 Å². The quantitative estimate of drug-likeness (QED) is 0.315. The molecule has 0 aliphatic rings. The van der Waals surface area contributed by atoms with Crippen LogP contribution in [0.5, 0.6) is 0 Å². The van der Waals surface area contributed by atoms with Crippen LogP contribution in [0.25, 0.3) is 0 Å². The van der Waals surface area contributed by atoms with Crippen molar-refractivity contribution in [2.75, 3.05) is 6.61 Å². The van der Waals surface area contributed by atoms with Crippen molar-refractivity contribution in [3.8, 4) is 0 Å². The van der Waals surface area contributed by atoms with Crippen molar-refractivity contribution >= 4 is 45.6 Å². The van der Waals surface area contributed by atoms with Crippen molar-refractivity contribution in [3.63, 3.8) is 0 Å². The number of hydrogen-bond acceptors (Lipinski definition) is 4. The molecule has 0 amide bonds. The van der Waals surface area contributed by atoms with Crippen LogP contribution in [0.2, 0.25) is 0 Å². The van der Waals surface area contributed by atoms with Crippen LogP contribution in [-0.4, -0.2) is 44.3 Å². The second-order valence-corrected chi connectivity index (χ2v) is 6.44. The van der Waals surface area contributed by atoms with E-state index in [0.29, 0.717) is 6.42 Å². The van der Waals surface area contributed by atoms with Crippen LogP contribution in [0.4, 0.5) is 0 Å². The maximum absolute atomic E-state index is 10.2. The van der Waals surface area contributed by atoms with Crippen molar-refractivity contribution in [2.45, 2.75) is 71.6 Å². The third kappa shape index (κ3) is 21.8. The molecule has 0 bridgehead atoms. The topological polar surface area (TPSA) is 72.4 Å². The number of hydrogen-bond donors (Lipinski definition) is 0. The Balaban J connectivity index is 0. The molecule has 0 aliphatic carbocycles. The average Bonchev–Trinajstić information content (AvgIpc) is 2.24. The molecule has 0 N–H and O–H groups in total. The minimum atomic E-state index is -4.75. The Hall–Kier alpha value is 1.37. The van der Waals surface area contributed by atoms with E-state index in [-0.39, 0.29) is 44.3 Å². The molecule has 6 heteroatoms.